The second kappa shape index (κ2) is 7.91. The molecule has 0 bridgehead atoms. The first-order chi connectivity index (χ1) is 13.0. The number of rotatable bonds is 4. The van der Waals surface area contributed by atoms with E-state index in [2.05, 4.69) is 21.1 Å². The van der Waals surface area contributed by atoms with E-state index in [0.29, 0.717) is 9.14 Å². The van der Waals surface area contributed by atoms with Gasteiger partial charge in [-0.05, 0) is 30.5 Å². The van der Waals surface area contributed by atoms with Crippen molar-refractivity contribution >= 4 is 44.3 Å². The van der Waals surface area contributed by atoms with Crippen molar-refractivity contribution in [2.75, 3.05) is 0 Å². The first-order valence-corrected chi connectivity index (χ1v) is 12.4. The third-order valence-electron chi connectivity index (χ3n) is 4.75. The Labute approximate surface area is 171 Å². The Morgan fingerprint density at radius 3 is 2.44 bits per heavy atom. The Morgan fingerprint density at radius 1 is 1.04 bits per heavy atom. The first-order valence-electron chi connectivity index (χ1n) is 8.86. The number of aromatic nitrogens is 1. The summed E-state index contributed by atoms with van der Waals surface area (Å²) in [7, 11) is -3.77. The maximum absolute atomic E-state index is 12.8. The van der Waals surface area contributed by atoms with Crippen LogP contribution in [-0.4, -0.2) is 13.0 Å². The van der Waals surface area contributed by atoms with Gasteiger partial charge in [0.25, 0.3) is 10.0 Å². The number of hydrogen-bond donors (Lipinski definition) is 0. The Bertz CT molecular complexity index is 1090. The number of benzene rings is 1. The molecule has 27 heavy (non-hydrogen) atoms. The molecular weight excluding hydrogens is 420 g/mol. The highest BCUT2D eigenvalue weighted by molar-refractivity contribution is 7.92. The van der Waals surface area contributed by atoms with Crippen LogP contribution < -0.4 is 4.80 Å². The van der Waals surface area contributed by atoms with Crippen molar-refractivity contribution in [3.63, 3.8) is 0 Å². The average Bonchev–Trinajstić information content (AvgIpc) is 3.30. The minimum atomic E-state index is -3.77. The second-order valence-corrected chi connectivity index (χ2v) is 10.9. The minimum Gasteiger partial charge on any atom is -0.313 e. The summed E-state index contributed by atoms with van der Waals surface area (Å²) >= 11 is 8.34. The van der Waals surface area contributed by atoms with Crippen LogP contribution >= 0.6 is 34.3 Å². The zero-order valence-corrected chi connectivity index (χ0v) is 17.8. The average molecular weight is 439 g/mol. The summed E-state index contributed by atoms with van der Waals surface area (Å²) in [6.45, 7) is 0. The van der Waals surface area contributed by atoms with Gasteiger partial charge < -0.3 is 4.57 Å². The third kappa shape index (κ3) is 4.06. The smallest absolute Gasteiger partial charge is 0.294 e. The molecule has 0 atom stereocenters. The SMILES string of the molecule is O=S(=O)(N=c1scc(-c2ccccc2)n1C1CCCCC1)c1ccc(Cl)s1. The molecule has 1 aliphatic carbocycles. The molecule has 142 valence electrons. The molecule has 1 saturated carbocycles. The summed E-state index contributed by atoms with van der Waals surface area (Å²) in [6, 6.07) is 13.5. The predicted molar refractivity (Wildman–Crippen MR) is 112 cm³/mol. The van der Waals surface area contributed by atoms with E-state index in [9.17, 15) is 8.42 Å². The summed E-state index contributed by atoms with van der Waals surface area (Å²) in [5, 5.41) is 2.01. The predicted octanol–water partition coefficient (Wildman–Crippen LogP) is 5.73. The van der Waals surface area contributed by atoms with Gasteiger partial charge in [-0.15, -0.1) is 27.1 Å². The zero-order valence-electron chi connectivity index (χ0n) is 14.5. The van der Waals surface area contributed by atoms with Gasteiger partial charge in [-0.1, -0.05) is 61.2 Å². The van der Waals surface area contributed by atoms with Gasteiger partial charge in [0.2, 0.25) is 4.80 Å². The molecule has 4 nitrogen and oxygen atoms in total. The van der Waals surface area contributed by atoms with E-state index in [0.717, 1.165) is 48.3 Å². The molecule has 0 unspecified atom stereocenters. The third-order valence-corrected chi connectivity index (χ3v) is 8.67. The molecule has 0 amide bonds. The lowest BCUT2D eigenvalue weighted by Gasteiger charge is -2.25. The molecule has 1 fully saturated rings. The van der Waals surface area contributed by atoms with Crippen LogP contribution in [0, 0.1) is 0 Å². The van der Waals surface area contributed by atoms with Crippen molar-refractivity contribution in [1.82, 2.24) is 4.57 Å². The second-order valence-electron chi connectivity index (χ2n) is 6.56. The van der Waals surface area contributed by atoms with Crippen molar-refractivity contribution in [3.8, 4) is 11.3 Å². The Kier molecular flexibility index (Phi) is 5.55. The highest BCUT2D eigenvalue weighted by atomic mass is 35.5. The van der Waals surface area contributed by atoms with Gasteiger partial charge in [-0.2, -0.15) is 8.42 Å². The van der Waals surface area contributed by atoms with Gasteiger partial charge in [-0.3, -0.25) is 0 Å². The van der Waals surface area contributed by atoms with Crippen LogP contribution in [0.3, 0.4) is 0 Å². The van der Waals surface area contributed by atoms with E-state index in [4.69, 9.17) is 11.6 Å². The van der Waals surface area contributed by atoms with Gasteiger partial charge in [0, 0.05) is 11.4 Å². The highest BCUT2D eigenvalue weighted by Gasteiger charge is 2.22. The fraction of sp³-hybridized carbons (Fsp3) is 0.316. The van der Waals surface area contributed by atoms with Gasteiger partial charge in [0.05, 0.1) is 10.0 Å². The number of thiazole rings is 1. The van der Waals surface area contributed by atoms with E-state index in [1.807, 2.05) is 23.6 Å². The topological polar surface area (TPSA) is 51.4 Å². The molecule has 0 saturated heterocycles. The standard InChI is InChI=1S/C19H19ClN2O2S3/c20-17-11-12-18(26-17)27(23,24)21-19-22(15-9-5-2-6-10-15)16(13-25-19)14-7-3-1-4-8-14/h1,3-4,7-8,11-13,15H,2,5-6,9-10H2. The molecule has 0 spiro atoms. The van der Waals surface area contributed by atoms with Crippen molar-refractivity contribution in [2.45, 2.75) is 42.4 Å². The summed E-state index contributed by atoms with van der Waals surface area (Å²) in [5.41, 5.74) is 2.11. The Balaban J connectivity index is 1.87. The zero-order chi connectivity index (χ0) is 18.9. The number of sulfonamides is 1. The first kappa shape index (κ1) is 18.9. The lowest BCUT2D eigenvalue weighted by Crippen LogP contribution is -2.24. The van der Waals surface area contributed by atoms with Crippen LogP contribution in [0.25, 0.3) is 11.3 Å². The molecule has 0 aliphatic heterocycles. The molecule has 3 aromatic rings. The molecule has 1 aromatic carbocycles. The van der Waals surface area contributed by atoms with Crippen LogP contribution in [0.4, 0.5) is 0 Å². The molecule has 1 aliphatic rings. The van der Waals surface area contributed by atoms with E-state index < -0.39 is 10.0 Å². The maximum atomic E-state index is 12.8. The minimum absolute atomic E-state index is 0.178. The van der Waals surface area contributed by atoms with E-state index in [-0.39, 0.29) is 10.3 Å². The van der Waals surface area contributed by atoms with Gasteiger partial charge in [0.15, 0.2) is 0 Å². The van der Waals surface area contributed by atoms with E-state index >= 15 is 0 Å². The van der Waals surface area contributed by atoms with Crippen molar-refractivity contribution in [2.24, 2.45) is 4.40 Å². The summed E-state index contributed by atoms with van der Waals surface area (Å²) < 4.78 is 32.5. The van der Waals surface area contributed by atoms with Gasteiger partial charge >= 0.3 is 0 Å². The fourth-order valence-corrected chi connectivity index (χ4v) is 7.12. The summed E-state index contributed by atoms with van der Waals surface area (Å²) in [4.78, 5) is 0.533. The fourth-order valence-electron chi connectivity index (χ4n) is 3.48. The number of nitrogens with zero attached hydrogens (tertiary/aromatic N) is 2. The summed E-state index contributed by atoms with van der Waals surface area (Å²) in [5.74, 6) is 0. The molecule has 0 radical (unpaired) electrons. The maximum Gasteiger partial charge on any atom is 0.294 e. The Hall–Kier alpha value is -1.41. The largest absolute Gasteiger partial charge is 0.313 e. The number of thiophene rings is 1. The molecular formula is C19H19ClN2O2S3. The van der Waals surface area contributed by atoms with Crippen LogP contribution in [0.1, 0.15) is 38.1 Å². The molecule has 2 aromatic heterocycles. The lowest BCUT2D eigenvalue weighted by molar-refractivity contribution is 0.351. The van der Waals surface area contributed by atoms with Gasteiger partial charge in [0.1, 0.15) is 4.21 Å². The van der Waals surface area contributed by atoms with Crippen LogP contribution in [0.5, 0.6) is 0 Å². The summed E-state index contributed by atoms with van der Waals surface area (Å²) in [6.07, 6.45) is 5.66. The highest BCUT2D eigenvalue weighted by Crippen LogP contribution is 2.33. The molecule has 0 N–H and O–H groups in total. The van der Waals surface area contributed by atoms with Gasteiger partial charge in [-0.25, -0.2) is 0 Å². The van der Waals surface area contributed by atoms with Crippen LogP contribution in [0.2, 0.25) is 4.34 Å². The van der Waals surface area contributed by atoms with E-state index in [1.54, 1.807) is 6.07 Å². The molecule has 2 heterocycles. The molecule has 4 rings (SSSR count). The Morgan fingerprint density at radius 2 is 1.78 bits per heavy atom. The van der Waals surface area contributed by atoms with Crippen molar-refractivity contribution in [3.05, 3.63) is 57.0 Å². The van der Waals surface area contributed by atoms with Crippen molar-refractivity contribution < 1.29 is 8.42 Å². The molecule has 8 heteroatoms. The number of halogens is 1. The van der Waals surface area contributed by atoms with E-state index in [1.165, 1.54) is 23.8 Å². The number of hydrogen-bond acceptors (Lipinski definition) is 4. The normalized spacial score (nSPS) is 16.7. The lowest BCUT2D eigenvalue weighted by atomic mass is 9.95. The van der Waals surface area contributed by atoms with Crippen LogP contribution in [0.15, 0.2) is 56.5 Å². The van der Waals surface area contributed by atoms with Crippen LogP contribution in [-0.2, 0) is 10.0 Å². The quantitative estimate of drug-likeness (QED) is 0.522. The monoisotopic (exact) mass is 438 g/mol. The van der Waals surface area contributed by atoms with Crippen molar-refractivity contribution in [1.29, 1.82) is 0 Å².